The van der Waals surface area contributed by atoms with Gasteiger partial charge in [-0.25, -0.2) is 9.59 Å². The molecule has 14 nitrogen and oxygen atoms in total. The molecule has 1 N–H and O–H groups in total. The van der Waals surface area contributed by atoms with Crippen molar-refractivity contribution in [2.45, 2.75) is 161 Å². The topological polar surface area (TPSA) is 172 Å². The van der Waals surface area contributed by atoms with Crippen molar-refractivity contribution >= 4 is 23.7 Å². The lowest BCUT2D eigenvalue weighted by Gasteiger charge is -2.35. The molecule has 0 amide bonds. The second-order valence-electron chi connectivity index (χ2n) is 18.5. The Labute approximate surface area is 395 Å². The molecule has 376 valence electrons. The van der Waals surface area contributed by atoms with E-state index in [0.29, 0.717) is 38.5 Å². The first-order chi connectivity index (χ1) is 31.4. The smallest absolute Gasteiger partial charge is 0.331 e. The molecule has 2 aliphatic rings. The van der Waals surface area contributed by atoms with Crippen LogP contribution in [0.4, 0.5) is 0 Å². The monoisotopic (exact) mass is 933 g/mol. The van der Waals surface area contributed by atoms with Crippen molar-refractivity contribution in [2.24, 2.45) is 35.5 Å². The number of ether oxygens (including phenoxy) is 9. The fraction of sp³-hybridized carbons (Fsp3) is 0.731. The van der Waals surface area contributed by atoms with Gasteiger partial charge in [0.25, 0.3) is 0 Å². The summed E-state index contributed by atoms with van der Waals surface area (Å²) in [5.41, 5.74) is 1.91. The predicted molar refractivity (Wildman–Crippen MR) is 254 cm³/mol. The normalized spacial score (nSPS) is 30.2. The number of cyclic esters (lactones) is 1. The number of allylic oxidation sites excluding steroid dienone is 2. The molecule has 0 radical (unpaired) electrons. The molecule has 2 rings (SSSR count). The highest BCUT2D eigenvalue weighted by Crippen LogP contribution is 2.33. The van der Waals surface area contributed by atoms with E-state index in [9.17, 15) is 19.2 Å². The van der Waals surface area contributed by atoms with Crippen LogP contribution in [0.15, 0.2) is 59.8 Å². The number of carbonyl (C=O) groups is 4. The zero-order valence-electron chi connectivity index (χ0n) is 42.4. The largest absolute Gasteiger partial charge is 0.481 e. The predicted octanol–water partition coefficient (Wildman–Crippen LogP) is 8.46. The summed E-state index contributed by atoms with van der Waals surface area (Å²) in [5, 5.41) is 9.17. The Balaban J connectivity index is 2.51. The van der Waals surface area contributed by atoms with Crippen molar-refractivity contribution in [1.29, 1.82) is 0 Å². The molecular formula is C52H84O14. The molecule has 0 spiro atoms. The first kappa shape index (κ1) is 58.6. The Hall–Kier alpha value is -3.50. The number of aliphatic carboxylic acids is 1. The highest BCUT2D eigenvalue weighted by molar-refractivity contribution is 5.84. The third-order valence-electron chi connectivity index (χ3n) is 13.7. The van der Waals surface area contributed by atoms with Crippen LogP contribution in [-0.2, 0) is 61.8 Å². The fourth-order valence-electron chi connectivity index (χ4n) is 9.31. The molecule has 14 heteroatoms. The average Bonchev–Trinajstić information content (AvgIpc) is 3.29. The van der Waals surface area contributed by atoms with Crippen LogP contribution < -0.4 is 0 Å². The van der Waals surface area contributed by atoms with Crippen molar-refractivity contribution in [3.63, 3.8) is 0 Å². The first-order valence-corrected chi connectivity index (χ1v) is 23.6. The SMILES string of the molecule is COC1C=CC(C)C(C(C)C(OC)C(C)CCC(=O)C(C)C(CCC(=O)O)OC)OC(=O)C=CC=C(C)CC(OC)CC2=CC(=O)OC(C2)C(C)C(OC)CC(OC)C=CC(C)C(OC)C1. The van der Waals surface area contributed by atoms with Crippen LogP contribution >= 0.6 is 0 Å². The minimum absolute atomic E-state index is 0.0116. The Kier molecular flexibility index (Phi) is 27.4. The molecule has 0 saturated heterocycles. The minimum Gasteiger partial charge on any atom is -0.481 e. The van der Waals surface area contributed by atoms with E-state index in [1.807, 2.05) is 58.9 Å². The van der Waals surface area contributed by atoms with Crippen LogP contribution in [0.1, 0.15) is 106 Å². The lowest BCUT2D eigenvalue weighted by atomic mass is 9.81. The van der Waals surface area contributed by atoms with E-state index in [4.69, 9.17) is 47.7 Å². The highest BCUT2D eigenvalue weighted by Gasteiger charge is 2.37. The average molecular weight is 933 g/mol. The van der Waals surface area contributed by atoms with Crippen LogP contribution in [0.25, 0.3) is 0 Å². The summed E-state index contributed by atoms with van der Waals surface area (Å²) >= 11 is 0. The molecule has 15 atom stereocenters. The van der Waals surface area contributed by atoms with Crippen LogP contribution in [0, 0.1) is 35.5 Å². The summed E-state index contributed by atoms with van der Waals surface area (Å²) in [7, 11) is 11.5. The number of carboxylic acid groups (broad SMARTS) is 1. The second kappa shape index (κ2) is 30.8. The number of fused-ring (bicyclic) bond motifs is 2. The van der Waals surface area contributed by atoms with Crippen molar-refractivity contribution in [1.82, 2.24) is 0 Å². The molecule has 66 heavy (non-hydrogen) atoms. The van der Waals surface area contributed by atoms with Crippen LogP contribution in [-0.4, -0.2) is 134 Å². The quantitative estimate of drug-likeness (QED) is 0.103. The molecule has 0 aromatic rings. The van der Waals surface area contributed by atoms with Crippen molar-refractivity contribution in [3.8, 4) is 0 Å². The molecule has 0 aromatic heterocycles. The maximum atomic E-state index is 13.7. The highest BCUT2D eigenvalue weighted by atomic mass is 16.6. The Morgan fingerprint density at radius 3 is 1.91 bits per heavy atom. The Morgan fingerprint density at radius 1 is 0.727 bits per heavy atom. The summed E-state index contributed by atoms with van der Waals surface area (Å²) in [6.07, 6.45) is 15.2. The van der Waals surface area contributed by atoms with Gasteiger partial charge in [-0.05, 0) is 38.5 Å². The summed E-state index contributed by atoms with van der Waals surface area (Å²) in [5.74, 6) is -3.14. The summed E-state index contributed by atoms with van der Waals surface area (Å²) in [6.45, 7) is 13.9. The number of hydrogen-bond donors (Lipinski definition) is 1. The van der Waals surface area contributed by atoms with Gasteiger partial charge >= 0.3 is 17.9 Å². The van der Waals surface area contributed by atoms with Gasteiger partial charge < -0.3 is 47.7 Å². The van der Waals surface area contributed by atoms with Gasteiger partial charge in [0.2, 0.25) is 0 Å². The Bertz CT molecular complexity index is 1630. The summed E-state index contributed by atoms with van der Waals surface area (Å²) in [4.78, 5) is 51.1. The third kappa shape index (κ3) is 19.6. The van der Waals surface area contributed by atoms with Gasteiger partial charge in [0.15, 0.2) is 0 Å². The van der Waals surface area contributed by atoms with E-state index in [0.717, 1.165) is 11.1 Å². The van der Waals surface area contributed by atoms with Crippen molar-refractivity contribution in [3.05, 3.63) is 59.8 Å². The maximum absolute atomic E-state index is 13.7. The zero-order valence-corrected chi connectivity index (χ0v) is 42.4. The molecule has 0 saturated carbocycles. The molecular weight excluding hydrogens is 849 g/mol. The molecule has 0 aromatic carbocycles. The fourth-order valence-corrected chi connectivity index (χ4v) is 9.31. The zero-order chi connectivity index (χ0) is 49.5. The van der Waals surface area contributed by atoms with Crippen molar-refractivity contribution < 1.29 is 66.9 Å². The van der Waals surface area contributed by atoms with Gasteiger partial charge in [-0.2, -0.15) is 0 Å². The lowest BCUT2D eigenvalue weighted by Crippen LogP contribution is -2.41. The number of ketones is 1. The van der Waals surface area contributed by atoms with Crippen LogP contribution in [0.5, 0.6) is 0 Å². The van der Waals surface area contributed by atoms with Gasteiger partial charge in [-0.15, -0.1) is 0 Å². The standard InChI is InChI=1S/C52H84O14/c1-32-16-15-17-49(56)66-52(38(7)51(64-14)34(3)20-23-43(53)36(5)44(61-11)24-25-48(54)55)35(4)19-22-40(58-8)30-45(62-12)33(2)18-21-41(59-9)31-46(63-13)37(6)47-28-39(29-50(57)65-47)27-42(26-32)60-10/h15-19,21-22,29,33-38,40-42,44-47,51-52H,20,23-28,30-31H2,1-14H3,(H,54,55). The number of esters is 2. The number of carboxylic acids is 1. The van der Waals surface area contributed by atoms with E-state index in [1.165, 1.54) is 13.2 Å². The lowest BCUT2D eigenvalue weighted by molar-refractivity contribution is -0.152. The molecule has 0 fully saturated rings. The van der Waals surface area contributed by atoms with Crippen LogP contribution in [0.3, 0.4) is 0 Å². The van der Waals surface area contributed by atoms with E-state index < -0.39 is 30.1 Å². The molecule has 2 bridgehead atoms. The minimum atomic E-state index is -0.935. The molecule has 0 aliphatic carbocycles. The van der Waals surface area contributed by atoms with E-state index in [2.05, 4.69) is 13.0 Å². The number of rotatable bonds is 18. The molecule has 2 aliphatic heterocycles. The van der Waals surface area contributed by atoms with Crippen LogP contribution in [0.2, 0.25) is 0 Å². The van der Waals surface area contributed by atoms with E-state index >= 15 is 0 Å². The maximum Gasteiger partial charge on any atom is 0.331 e. The summed E-state index contributed by atoms with van der Waals surface area (Å²) in [6, 6.07) is 0. The van der Waals surface area contributed by atoms with Gasteiger partial charge in [0, 0.05) is 124 Å². The Morgan fingerprint density at radius 2 is 1.35 bits per heavy atom. The van der Waals surface area contributed by atoms with Gasteiger partial charge in [-0.1, -0.05) is 89.1 Å². The molecule has 15 unspecified atom stereocenters. The summed E-state index contributed by atoms with van der Waals surface area (Å²) < 4.78 is 53.5. The first-order valence-electron chi connectivity index (χ1n) is 23.6. The van der Waals surface area contributed by atoms with Crippen molar-refractivity contribution in [2.75, 3.05) is 49.8 Å². The van der Waals surface area contributed by atoms with Gasteiger partial charge in [0.05, 0.1) is 42.7 Å². The number of methoxy groups -OCH3 is 7. The van der Waals surface area contributed by atoms with Gasteiger partial charge in [-0.3, -0.25) is 9.59 Å². The third-order valence-corrected chi connectivity index (χ3v) is 13.7. The van der Waals surface area contributed by atoms with E-state index in [1.54, 1.807) is 61.7 Å². The number of Topliss-reactive ketones (excluding diaryl/α,β-unsaturated/α-hetero) is 1. The molecule has 2 heterocycles. The van der Waals surface area contributed by atoms with E-state index in [-0.39, 0.29) is 103 Å². The number of carbonyl (C=O) groups excluding carboxylic acids is 3. The second-order valence-corrected chi connectivity index (χ2v) is 18.5. The number of hydrogen-bond acceptors (Lipinski definition) is 13. The van der Waals surface area contributed by atoms with Gasteiger partial charge in [0.1, 0.15) is 18.0 Å².